The van der Waals surface area contributed by atoms with Crippen LogP contribution >= 0.6 is 0 Å². The topological polar surface area (TPSA) is 48.5 Å². The molecule has 11 aromatic rings. The molecule has 3 aromatic heterocycles. The molecular weight excluding hydrogens is 719 g/mol. The Labute approximate surface area is 341 Å². The number of nitrogens with zero attached hydrogens (tertiary/aromatic N) is 5. The van der Waals surface area contributed by atoms with Crippen LogP contribution in [-0.4, -0.2) is 24.1 Å². The van der Waals surface area contributed by atoms with Gasteiger partial charge in [-0.1, -0.05) is 172 Å². The SMILES string of the molecule is CC1(C)c2ccccc2-c2cc3c(cc21)c1ccccc1n3-c1nc(-c2ccc(-c3ccccc3)cc2)nc(-n2c3ccccc3c3c(-c4ccccc4)cccc32)n1. The number of rotatable bonds is 5. The molecule has 278 valence electrons. The largest absolute Gasteiger partial charge is 0.278 e. The molecule has 3 heterocycles. The van der Waals surface area contributed by atoms with Crippen molar-refractivity contribution in [2.75, 3.05) is 0 Å². The number of aromatic nitrogens is 5. The molecule has 0 atom stereocenters. The molecule has 1 aliphatic rings. The minimum absolute atomic E-state index is 0.127. The molecule has 0 aliphatic heterocycles. The summed E-state index contributed by atoms with van der Waals surface area (Å²) in [5.74, 6) is 1.74. The minimum Gasteiger partial charge on any atom is -0.278 e. The first-order valence-corrected chi connectivity index (χ1v) is 20.2. The van der Waals surface area contributed by atoms with Crippen LogP contribution in [0.1, 0.15) is 25.0 Å². The van der Waals surface area contributed by atoms with Gasteiger partial charge < -0.3 is 0 Å². The first kappa shape index (κ1) is 33.5. The van der Waals surface area contributed by atoms with Gasteiger partial charge in [0.05, 0.1) is 22.1 Å². The van der Waals surface area contributed by atoms with Crippen LogP contribution < -0.4 is 0 Å². The predicted octanol–water partition coefficient (Wildman–Crippen LogP) is 13.4. The van der Waals surface area contributed by atoms with E-state index in [-0.39, 0.29) is 5.41 Å². The van der Waals surface area contributed by atoms with E-state index < -0.39 is 0 Å². The lowest BCUT2D eigenvalue weighted by molar-refractivity contribution is 0.661. The molecule has 59 heavy (non-hydrogen) atoms. The van der Waals surface area contributed by atoms with Crippen molar-refractivity contribution < 1.29 is 0 Å². The summed E-state index contributed by atoms with van der Waals surface area (Å²) in [4.78, 5) is 16.2. The number of fused-ring (bicyclic) bond motifs is 9. The molecule has 0 saturated carbocycles. The zero-order valence-electron chi connectivity index (χ0n) is 32.6. The molecule has 8 aromatic carbocycles. The van der Waals surface area contributed by atoms with Gasteiger partial charge in [-0.25, -0.2) is 0 Å². The molecule has 0 amide bonds. The maximum absolute atomic E-state index is 5.48. The highest BCUT2D eigenvalue weighted by atomic mass is 15.3. The zero-order valence-corrected chi connectivity index (χ0v) is 32.6. The van der Waals surface area contributed by atoms with Crippen LogP contribution in [0.5, 0.6) is 0 Å². The van der Waals surface area contributed by atoms with E-state index in [4.69, 9.17) is 15.0 Å². The molecule has 5 nitrogen and oxygen atoms in total. The Morgan fingerprint density at radius 2 is 0.898 bits per heavy atom. The Balaban J connectivity index is 1.16. The molecular formula is C54H37N5. The summed E-state index contributed by atoms with van der Waals surface area (Å²) in [6, 6.07) is 67.0. The second-order valence-corrected chi connectivity index (χ2v) is 16.1. The van der Waals surface area contributed by atoms with Gasteiger partial charge in [0.25, 0.3) is 0 Å². The van der Waals surface area contributed by atoms with Crippen LogP contribution in [0.25, 0.3) is 100 Å². The van der Waals surface area contributed by atoms with Crippen LogP contribution in [0, 0.1) is 0 Å². The fourth-order valence-corrected chi connectivity index (χ4v) is 9.60. The quantitative estimate of drug-likeness (QED) is 0.176. The predicted molar refractivity (Wildman–Crippen MR) is 242 cm³/mol. The molecule has 0 bridgehead atoms. The van der Waals surface area contributed by atoms with Gasteiger partial charge in [-0.15, -0.1) is 0 Å². The summed E-state index contributed by atoms with van der Waals surface area (Å²) in [6.45, 7) is 4.68. The molecule has 12 rings (SSSR count). The maximum Gasteiger partial charge on any atom is 0.240 e. The van der Waals surface area contributed by atoms with Crippen molar-refractivity contribution in [2.45, 2.75) is 19.3 Å². The second kappa shape index (κ2) is 12.7. The summed E-state index contributed by atoms with van der Waals surface area (Å²) in [7, 11) is 0. The van der Waals surface area contributed by atoms with Crippen LogP contribution in [0.2, 0.25) is 0 Å². The number of hydrogen-bond donors (Lipinski definition) is 0. The molecule has 0 N–H and O–H groups in total. The van der Waals surface area contributed by atoms with Crippen molar-refractivity contribution in [3.05, 3.63) is 199 Å². The van der Waals surface area contributed by atoms with E-state index in [1.165, 1.54) is 44.2 Å². The highest BCUT2D eigenvalue weighted by molar-refractivity contribution is 6.16. The minimum atomic E-state index is -0.127. The standard InChI is InChI=1S/C54H37N5/c1-54(2)44-24-12-9-20-39(44)42-33-49-43(32-45(42)54)40-21-10-13-25-46(40)59(49)53-56-51(37-30-28-35(29-31-37)34-16-5-3-6-17-34)55-52(57-53)58-47-26-14-11-22-41(47)50-38(23-15-27-48(50)58)36-18-7-4-8-19-36/h3-33H,1-2H3. The monoisotopic (exact) mass is 755 g/mol. The third-order valence-electron chi connectivity index (χ3n) is 12.4. The Morgan fingerprint density at radius 3 is 1.64 bits per heavy atom. The average Bonchev–Trinajstić information content (AvgIpc) is 3.89. The van der Waals surface area contributed by atoms with Gasteiger partial charge >= 0.3 is 0 Å². The Kier molecular flexibility index (Phi) is 7.20. The van der Waals surface area contributed by atoms with E-state index in [2.05, 4.69) is 205 Å². The number of hydrogen-bond acceptors (Lipinski definition) is 3. The first-order chi connectivity index (χ1) is 29.0. The van der Waals surface area contributed by atoms with Gasteiger partial charge in [0.1, 0.15) is 0 Å². The van der Waals surface area contributed by atoms with E-state index in [1.54, 1.807) is 0 Å². The van der Waals surface area contributed by atoms with E-state index in [1.807, 2.05) is 6.07 Å². The lowest BCUT2D eigenvalue weighted by Gasteiger charge is -2.21. The summed E-state index contributed by atoms with van der Waals surface area (Å²) in [6.07, 6.45) is 0. The van der Waals surface area contributed by atoms with Gasteiger partial charge in [-0.2, -0.15) is 15.0 Å². The van der Waals surface area contributed by atoms with Gasteiger partial charge in [-0.05, 0) is 74.8 Å². The normalized spacial score (nSPS) is 13.1. The third-order valence-corrected chi connectivity index (χ3v) is 12.4. The third kappa shape index (κ3) is 5.01. The summed E-state index contributed by atoms with van der Waals surface area (Å²) < 4.78 is 4.46. The number of para-hydroxylation sites is 2. The van der Waals surface area contributed by atoms with E-state index >= 15 is 0 Å². The van der Waals surface area contributed by atoms with Crippen molar-refractivity contribution in [3.63, 3.8) is 0 Å². The summed E-state index contributed by atoms with van der Waals surface area (Å²) >= 11 is 0. The van der Waals surface area contributed by atoms with Crippen LogP contribution in [0.3, 0.4) is 0 Å². The summed E-state index contributed by atoms with van der Waals surface area (Å²) in [5.41, 5.74) is 14.8. The van der Waals surface area contributed by atoms with E-state index in [9.17, 15) is 0 Å². The molecule has 0 fully saturated rings. The molecule has 0 radical (unpaired) electrons. The van der Waals surface area contributed by atoms with E-state index in [0.29, 0.717) is 17.7 Å². The van der Waals surface area contributed by atoms with Gasteiger partial charge in [-0.3, -0.25) is 9.13 Å². The van der Waals surface area contributed by atoms with Crippen LogP contribution in [0.15, 0.2) is 188 Å². The second-order valence-electron chi connectivity index (χ2n) is 16.1. The lowest BCUT2D eigenvalue weighted by Crippen LogP contribution is -2.14. The Bertz CT molecular complexity index is 3450. The zero-order chi connectivity index (χ0) is 39.2. The van der Waals surface area contributed by atoms with Crippen molar-refractivity contribution >= 4 is 43.6 Å². The molecule has 0 unspecified atom stereocenters. The fraction of sp³-hybridized carbons (Fsp3) is 0.0556. The van der Waals surface area contributed by atoms with Crippen molar-refractivity contribution in [1.82, 2.24) is 24.1 Å². The van der Waals surface area contributed by atoms with Crippen LogP contribution in [0.4, 0.5) is 0 Å². The molecule has 0 spiro atoms. The van der Waals surface area contributed by atoms with Crippen molar-refractivity contribution in [3.8, 4) is 56.7 Å². The van der Waals surface area contributed by atoms with Gasteiger partial charge in [0.15, 0.2) is 5.82 Å². The average molecular weight is 756 g/mol. The molecule has 1 aliphatic carbocycles. The van der Waals surface area contributed by atoms with Crippen molar-refractivity contribution in [2.24, 2.45) is 0 Å². The number of benzene rings is 8. The van der Waals surface area contributed by atoms with Gasteiger partial charge in [0.2, 0.25) is 11.9 Å². The highest BCUT2D eigenvalue weighted by Gasteiger charge is 2.36. The molecule has 5 heteroatoms. The summed E-state index contributed by atoms with van der Waals surface area (Å²) in [5, 5.41) is 4.66. The van der Waals surface area contributed by atoms with E-state index in [0.717, 1.165) is 49.5 Å². The van der Waals surface area contributed by atoms with Crippen molar-refractivity contribution in [1.29, 1.82) is 0 Å². The Hall–Kier alpha value is -7.63. The van der Waals surface area contributed by atoms with Crippen LogP contribution in [-0.2, 0) is 5.41 Å². The van der Waals surface area contributed by atoms with Gasteiger partial charge in [0, 0.05) is 32.5 Å². The maximum atomic E-state index is 5.48. The lowest BCUT2D eigenvalue weighted by atomic mass is 9.82. The first-order valence-electron chi connectivity index (χ1n) is 20.2. The fourth-order valence-electron chi connectivity index (χ4n) is 9.60. The smallest absolute Gasteiger partial charge is 0.240 e. The Morgan fingerprint density at radius 1 is 0.356 bits per heavy atom. The highest BCUT2D eigenvalue weighted by Crippen LogP contribution is 2.51. The molecule has 0 saturated heterocycles.